The molecule has 0 fully saturated rings. The fraction of sp³-hybridized carbons (Fsp3) is 0.273. The molecule has 146 valence electrons. The predicted molar refractivity (Wildman–Crippen MR) is 116 cm³/mol. The van der Waals surface area contributed by atoms with Crippen LogP contribution in [0.3, 0.4) is 0 Å². The highest BCUT2D eigenvalue weighted by Crippen LogP contribution is 2.15. The second-order valence-corrected chi connectivity index (χ2v) is 7.44. The third-order valence-corrected chi connectivity index (χ3v) is 5.25. The second-order valence-electron chi connectivity index (χ2n) is 6.41. The van der Waals surface area contributed by atoms with Crippen LogP contribution in [0.2, 0.25) is 0 Å². The van der Waals surface area contributed by atoms with Crippen molar-refractivity contribution in [1.82, 2.24) is 15.2 Å². The largest absolute Gasteiger partial charge is 0.487 e. The van der Waals surface area contributed by atoms with Crippen molar-refractivity contribution in [3.05, 3.63) is 82.3 Å². The van der Waals surface area contributed by atoms with Crippen molar-refractivity contribution in [2.24, 2.45) is 4.99 Å². The molecule has 0 aliphatic heterocycles. The average Bonchev–Trinajstić information content (AvgIpc) is 3.26. The van der Waals surface area contributed by atoms with E-state index in [4.69, 9.17) is 4.74 Å². The minimum absolute atomic E-state index is 0.463. The van der Waals surface area contributed by atoms with Crippen molar-refractivity contribution >= 4 is 17.3 Å². The summed E-state index contributed by atoms with van der Waals surface area (Å²) in [6.45, 7) is 2.08. The number of thiophene rings is 1. The van der Waals surface area contributed by atoms with E-state index in [9.17, 15) is 0 Å². The average molecular weight is 395 g/mol. The molecule has 0 unspecified atom stereocenters. The standard InChI is InChI=1S/C22H26N4OS/c1-23-22(26(2)13-11-21-10-6-14-28-21)25-16-18-7-5-9-20(15-18)27-17-19-8-3-4-12-24-19/h3-10,12,14-15H,11,13,16-17H2,1-2H3,(H,23,25). The van der Waals surface area contributed by atoms with Crippen molar-refractivity contribution < 1.29 is 4.74 Å². The Hall–Kier alpha value is -2.86. The molecule has 0 saturated carbocycles. The van der Waals surface area contributed by atoms with Crippen LogP contribution in [-0.4, -0.2) is 36.5 Å². The van der Waals surface area contributed by atoms with Crippen LogP contribution in [0, 0.1) is 0 Å². The molecule has 2 aromatic heterocycles. The highest BCUT2D eigenvalue weighted by Gasteiger charge is 2.07. The number of aliphatic imine (C=N–C) groups is 1. The fourth-order valence-corrected chi connectivity index (χ4v) is 3.49. The number of hydrogen-bond acceptors (Lipinski definition) is 4. The van der Waals surface area contributed by atoms with Crippen molar-refractivity contribution in [3.63, 3.8) is 0 Å². The molecular formula is C22H26N4OS. The molecule has 0 atom stereocenters. The summed E-state index contributed by atoms with van der Waals surface area (Å²) in [7, 11) is 3.88. The molecule has 28 heavy (non-hydrogen) atoms. The van der Waals surface area contributed by atoms with E-state index in [2.05, 4.69) is 56.9 Å². The van der Waals surface area contributed by atoms with Crippen molar-refractivity contribution in [2.75, 3.05) is 20.6 Å². The first-order valence-electron chi connectivity index (χ1n) is 9.30. The molecule has 1 N–H and O–H groups in total. The molecule has 0 bridgehead atoms. The maximum absolute atomic E-state index is 5.86. The number of hydrogen-bond donors (Lipinski definition) is 1. The van der Waals surface area contributed by atoms with Crippen LogP contribution >= 0.6 is 11.3 Å². The van der Waals surface area contributed by atoms with E-state index in [1.54, 1.807) is 17.5 Å². The Balaban J connectivity index is 1.49. The smallest absolute Gasteiger partial charge is 0.193 e. The van der Waals surface area contributed by atoms with Gasteiger partial charge in [-0.3, -0.25) is 9.98 Å². The van der Waals surface area contributed by atoms with Gasteiger partial charge in [0.15, 0.2) is 5.96 Å². The molecule has 0 aliphatic carbocycles. The maximum Gasteiger partial charge on any atom is 0.193 e. The summed E-state index contributed by atoms with van der Waals surface area (Å²) in [4.78, 5) is 12.2. The van der Waals surface area contributed by atoms with Gasteiger partial charge in [0.05, 0.1) is 5.69 Å². The van der Waals surface area contributed by atoms with Gasteiger partial charge in [0.25, 0.3) is 0 Å². The van der Waals surface area contributed by atoms with Crippen LogP contribution in [0.4, 0.5) is 0 Å². The molecule has 0 aliphatic rings. The highest BCUT2D eigenvalue weighted by atomic mass is 32.1. The third kappa shape index (κ3) is 6.09. The number of guanidine groups is 1. The minimum Gasteiger partial charge on any atom is -0.487 e. The number of ether oxygens (including phenoxy) is 1. The Morgan fingerprint density at radius 2 is 2.11 bits per heavy atom. The zero-order valence-electron chi connectivity index (χ0n) is 16.3. The molecule has 0 saturated heterocycles. The summed E-state index contributed by atoms with van der Waals surface area (Å²) in [6, 6.07) is 18.2. The van der Waals surface area contributed by atoms with Crippen LogP contribution < -0.4 is 10.1 Å². The normalized spacial score (nSPS) is 11.3. The number of rotatable bonds is 8. The molecule has 0 radical (unpaired) electrons. The number of likely N-dealkylation sites (N-methyl/N-ethyl adjacent to an activating group) is 1. The lowest BCUT2D eigenvalue weighted by atomic mass is 10.2. The van der Waals surface area contributed by atoms with E-state index in [0.717, 1.165) is 35.9 Å². The minimum atomic E-state index is 0.463. The van der Waals surface area contributed by atoms with E-state index in [1.165, 1.54) is 4.88 Å². The molecule has 2 heterocycles. The van der Waals surface area contributed by atoms with Crippen LogP contribution in [0.25, 0.3) is 0 Å². The first-order valence-corrected chi connectivity index (χ1v) is 10.2. The Morgan fingerprint density at radius 3 is 2.86 bits per heavy atom. The Labute approximate surface area is 170 Å². The molecule has 5 nitrogen and oxygen atoms in total. The predicted octanol–water partition coefficient (Wildman–Crippen LogP) is 3.97. The van der Waals surface area contributed by atoms with E-state index < -0.39 is 0 Å². The lowest BCUT2D eigenvalue weighted by Crippen LogP contribution is -2.39. The molecule has 1 aromatic carbocycles. The Morgan fingerprint density at radius 1 is 1.18 bits per heavy atom. The summed E-state index contributed by atoms with van der Waals surface area (Å²) < 4.78 is 5.86. The van der Waals surface area contributed by atoms with Crippen molar-refractivity contribution in [1.29, 1.82) is 0 Å². The topological polar surface area (TPSA) is 49.8 Å². The Kier molecular flexibility index (Phi) is 7.44. The summed E-state index contributed by atoms with van der Waals surface area (Å²) >= 11 is 1.79. The van der Waals surface area contributed by atoms with Gasteiger partial charge in [-0.2, -0.15) is 0 Å². The molecule has 6 heteroatoms. The number of benzene rings is 1. The van der Waals surface area contributed by atoms with Gasteiger partial charge >= 0.3 is 0 Å². The van der Waals surface area contributed by atoms with Crippen LogP contribution in [0.15, 0.2) is 71.2 Å². The number of nitrogens with zero attached hydrogens (tertiary/aromatic N) is 3. The third-order valence-electron chi connectivity index (χ3n) is 4.31. The molecule has 0 spiro atoms. The summed E-state index contributed by atoms with van der Waals surface area (Å²) in [5, 5.41) is 5.54. The number of aromatic nitrogens is 1. The van der Waals surface area contributed by atoms with Gasteiger partial charge in [-0.1, -0.05) is 24.3 Å². The van der Waals surface area contributed by atoms with E-state index in [-0.39, 0.29) is 0 Å². The lowest BCUT2D eigenvalue weighted by Gasteiger charge is -2.22. The number of pyridine rings is 1. The number of nitrogens with one attached hydrogen (secondary N) is 1. The van der Waals surface area contributed by atoms with Crippen molar-refractivity contribution in [3.8, 4) is 5.75 Å². The summed E-state index contributed by atoms with van der Waals surface area (Å²) in [5.74, 6) is 1.72. The zero-order chi connectivity index (χ0) is 19.6. The van der Waals surface area contributed by atoms with Gasteiger partial charge in [0.1, 0.15) is 12.4 Å². The van der Waals surface area contributed by atoms with Gasteiger partial charge < -0.3 is 15.0 Å². The van der Waals surface area contributed by atoms with Gasteiger partial charge in [-0.15, -0.1) is 11.3 Å². The highest BCUT2D eigenvalue weighted by molar-refractivity contribution is 7.09. The summed E-state index contributed by atoms with van der Waals surface area (Å²) in [5.41, 5.74) is 2.06. The molecule has 3 rings (SSSR count). The summed E-state index contributed by atoms with van der Waals surface area (Å²) in [6.07, 6.45) is 2.80. The monoisotopic (exact) mass is 394 g/mol. The van der Waals surface area contributed by atoms with E-state index >= 15 is 0 Å². The lowest BCUT2D eigenvalue weighted by molar-refractivity contribution is 0.301. The Bertz CT molecular complexity index is 865. The van der Waals surface area contributed by atoms with Gasteiger partial charge in [-0.25, -0.2) is 0 Å². The first-order chi connectivity index (χ1) is 13.7. The van der Waals surface area contributed by atoms with E-state index in [0.29, 0.717) is 13.2 Å². The van der Waals surface area contributed by atoms with Gasteiger partial charge in [0.2, 0.25) is 0 Å². The zero-order valence-corrected chi connectivity index (χ0v) is 17.2. The van der Waals surface area contributed by atoms with Crippen molar-refractivity contribution in [2.45, 2.75) is 19.6 Å². The van der Waals surface area contributed by atoms with Crippen LogP contribution in [0.5, 0.6) is 5.75 Å². The van der Waals surface area contributed by atoms with Gasteiger partial charge in [0, 0.05) is 38.3 Å². The van der Waals surface area contributed by atoms with E-state index in [1.807, 2.05) is 37.4 Å². The van der Waals surface area contributed by atoms with Crippen LogP contribution in [0.1, 0.15) is 16.1 Å². The quantitative estimate of drug-likeness (QED) is 0.464. The van der Waals surface area contributed by atoms with Crippen LogP contribution in [-0.2, 0) is 19.6 Å². The molecule has 0 amide bonds. The SMILES string of the molecule is CN=C(NCc1cccc(OCc2ccccn2)c1)N(C)CCc1cccs1. The molecular weight excluding hydrogens is 368 g/mol. The molecule has 3 aromatic rings. The maximum atomic E-state index is 5.86. The first kappa shape index (κ1) is 19.9. The second kappa shape index (κ2) is 10.5. The fourth-order valence-electron chi connectivity index (χ4n) is 2.79. The van der Waals surface area contributed by atoms with Gasteiger partial charge in [-0.05, 0) is 47.7 Å².